The van der Waals surface area contributed by atoms with E-state index in [0.29, 0.717) is 0 Å². The van der Waals surface area contributed by atoms with Gasteiger partial charge in [-0.1, -0.05) is 0 Å². The number of carboxylic acids is 1. The highest BCUT2D eigenvalue weighted by Crippen LogP contribution is 1.85. The molecule has 0 aromatic carbocycles. The molecule has 0 aromatic rings. The summed E-state index contributed by atoms with van der Waals surface area (Å²) in [7, 11) is 0. The summed E-state index contributed by atoms with van der Waals surface area (Å²) in [6, 6.07) is -0.727. The topological polar surface area (TPSA) is 102 Å². The number of carboxylic acid groups (broad SMARTS) is 1. The molecule has 6 heteroatoms. The van der Waals surface area contributed by atoms with Crippen molar-refractivity contribution in [3.8, 4) is 12.3 Å². The first-order valence-corrected chi connectivity index (χ1v) is 4.34. The Morgan fingerprint density at radius 3 is 2.80 bits per heavy atom. The molecule has 0 heterocycles. The van der Waals surface area contributed by atoms with Gasteiger partial charge in [0.1, 0.15) is 6.61 Å². The Morgan fingerprint density at radius 2 is 2.27 bits per heavy atom. The molecule has 1 atom stereocenters. The highest BCUT2D eigenvalue weighted by Gasteiger charge is 2.10. The Kier molecular flexibility index (Phi) is 6.97. The van der Waals surface area contributed by atoms with E-state index in [0.717, 1.165) is 0 Å². The van der Waals surface area contributed by atoms with Crippen molar-refractivity contribution >= 4 is 11.9 Å². The first-order chi connectivity index (χ1) is 7.07. The normalized spacial score (nSPS) is 11.5. The van der Waals surface area contributed by atoms with Gasteiger partial charge in [0.2, 0.25) is 5.91 Å². The summed E-state index contributed by atoms with van der Waals surface area (Å²) in [4.78, 5) is 21.2. The molecule has 0 bridgehead atoms. The third-order valence-corrected chi connectivity index (χ3v) is 1.45. The number of nitrogens with one attached hydrogen (secondary N) is 1. The predicted octanol–water partition coefficient (Wildman–Crippen LogP) is -1.45. The quantitative estimate of drug-likeness (QED) is 0.355. The second kappa shape index (κ2) is 7.79. The lowest BCUT2D eigenvalue weighted by atomic mass is 10.2. The third-order valence-electron chi connectivity index (χ3n) is 1.45. The van der Waals surface area contributed by atoms with Crippen LogP contribution in [0.1, 0.15) is 6.42 Å². The molecular formula is C9H14N2O4. The fraction of sp³-hybridized carbons (Fsp3) is 0.556. The monoisotopic (exact) mass is 214 g/mol. The van der Waals surface area contributed by atoms with Gasteiger partial charge in [0.25, 0.3) is 0 Å². The molecule has 0 saturated carbocycles. The van der Waals surface area contributed by atoms with E-state index >= 15 is 0 Å². The van der Waals surface area contributed by atoms with Gasteiger partial charge in [-0.25, -0.2) is 4.79 Å². The van der Waals surface area contributed by atoms with Gasteiger partial charge in [0.05, 0.1) is 12.6 Å². The van der Waals surface area contributed by atoms with Crippen LogP contribution >= 0.6 is 0 Å². The maximum Gasteiger partial charge on any atom is 0.329 e. The van der Waals surface area contributed by atoms with Gasteiger partial charge in [0.15, 0.2) is 0 Å². The fourth-order valence-corrected chi connectivity index (χ4v) is 0.757. The molecule has 0 aliphatic carbocycles. The minimum atomic E-state index is -1.05. The average molecular weight is 214 g/mol. The number of hydrogen-bond donors (Lipinski definition) is 3. The number of hydrogen-bond acceptors (Lipinski definition) is 4. The van der Waals surface area contributed by atoms with Crippen LogP contribution in [0, 0.1) is 12.3 Å². The van der Waals surface area contributed by atoms with Gasteiger partial charge < -0.3 is 20.9 Å². The van der Waals surface area contributed by atoms with Crippen LogP contribution in [0.25, 0.3) is 0 Å². The Labute approximate surface area is 87.8 Å². The van der Waals surface area contributed by atoms with Crippen LogP contribution in [0.3, 0.4) is 0 Å². The smallest absolute Gasteiger partial charge is 0.329 e. The van der Waals surface area contributed by atoms with Crippen molar-refractivity contribution in [2.45, 2.75) is 12.5 Å². The molecule has 0 fully saturated rings. The minimum Gasteiger partial charge on any atom is -0.480 e. The van der Waals surface area contributed by atoms with Crippen LogP contribution in [-0.2, 0) is 14.3 Å². The molecule has 0 saturated heterocycles. The highest BCUT2D eigenvalue weighted by atomic mass is 16.5. The molecule has 0 aliphatic heterocycles. The second-order valence-corrected chi connectivity index (χ2v) is 2.75. The maximum absolute atomic E-state index is 11.1. The molecule has 0 spiro atoms. The van der Waals surface area contributed by atoms with Crippen molar-refractivity contribution in [2.75, 3.05) is 19.8 Å². The molecule has 0 radical (unpaired) electrons. The number of nitrogens with two attached hydrogens (primary N) is 1. The molecule has 4 N–H and O–H groups in total. The lowest BCUT2D eigenvalue weighted by Gasteiger charge is -2.09. The molecule has 0 aliphatic rings. The van der Waals surface area contributed by atoms with E-state index in [9.17, 15) is 9.59 Å². The Balaban J connectivity index is 3.47. The largest absolute Gasteiger partial charge is 0.480 e. The molecule has 0 aromatic heterocycles. The van der Waals surface area contributed by atoms with Crippen LogP contribution in [-0.4, -0.2) is 42.8 Å². The van der Waals surface area contributed by atoms with Gasteiger partial charge in [-0.2, -0.15) is 0 Å². The number of aliphatic carboxylic acids is 1. The van der Waals surface area contributed by atoms with Gasteiger partial charge >= 0.3 is 5.97 Å². The van der Waals surface area contributed by atoms with Gasteiger partial charge in [-0.15, -0.1) is 12.3 Å². The standard InChI is InChI=1S/C9H14N2O4/c1-2-3-7(10)9(14)11-4-5-15-6-8(12)13/h1,7H,3-6,10H2,(H,11,14)(H,12,13). The van der Waals surface area contributed by atoms with E-state index in [1.54, 1.807) is 0 Å². The maximum atomic E-state index is 11.1. The van der Waals surface area contributed by atoms with Gasteiger partial charge in [-0.05, 0) is 0 Å². The predicted molar refractivity (Wildman–Crippen MR) is 52.9 cm³/mol. The summed E-state index contributed by atoms with van der Waals surface area (Å²) in [5, 5.41) is 10.7. The van der Waals surface area contributed by atoms with Crippen molar-refractivity contribution in [3.63, 3.8) is 0 Å². The first kappa shape index (κ1) is 13.4. The van der Waals surface area contributed by atoms with E-state index in [4.69, 9.17) is 17.3 Å². The molecular weight excluding hydrogens is 200 g/mol. The average Bonchev–Trinajstić information content (AvgIpc) is 2.16. The van der Waals surface area contributed by atoms with Crippen molar-refractivity contribution in [1.82, 2.24) is 5.32 Å². The molecule has 0 rings (SSSR count). The first-order valence-electron chi connectivity index (χ1n) is 4.34. The number of ether oxygens (including phenoxy) is 1. The van der Waals surface area contributed by atoms with E-state index < -0.39 is 12.0 Å². The Morgan fingerprint density at radius 1 is 1.60 bits per heavy atom. The van der Waals surface area contributed by atoms with E-state index in [2.05, 4.69) is 16.0 Å². The van der Waals surface area contributed by atoms with E-state index in [1.165, 1.54) is 0 Å². The summed E-state index contributed by atoms with van der Waals surface area (Å²) in [6.45, 7) is -0.0442. The van der Waals surface area contributed by atoms with Crippen LogP contribution in [0.2, 0.25) is 0 Å². The summed E-state index contributed by atoms with van der Waals surface area (Å²) >= 11 is 0. The van der Waals surface area contributed by atoms with Gasteiger partial charge in [-0.3, -0.25) is 4.79 Å². The molecule has 6 nitrogen and oxygen atoms in total. The summed E-state index contributed by atoms with van der Waals surface area (Å²) in [5.74, 6) is 0.851. The SMILES string of the molecule is C#CCC(N)C(=O)NCCOCC(=O)O. The third kappa shape index (κ3) is 7.49. The van der Waals surface area contributed by atoms with E-state index in [-0.39, 0.29) is 32.1 Å². The minimum absolute atomic E-state index is 0.126. The molecule has 15 heavy (non-hydrogen) atoms. The Hall–Kier alpha value is -1.58. The van der Waals surface area contributed by atoms with Crippen LogP contribution in [0.4, 0.5) is 0 Å². The number of amides is 1. The lowest BCUT2D eigenvalue weighted by Crippen LogP contribution is -2.41. The number of rotatable bonds is 7. The highest BCUT2D eigenvalue weighted by molar-refractivity contribution is 5.81. The van der Waals surface area contributed by atoms with Crippen LogP contribution in [0.5, 0.6) is 0 Å². The van der Waals surface area contributed by atoms with Gasteiger partial charge in [0, 0.05) is 13.0 Å². The zero-order valence-electron chi connectivity index (χ0n) is 8.23. The van der Waals surface area contributed by atoms with Crippen molar-refractivity contribution < 1.29 is 19.4 Å². The van der Waals surface area contributed by atoms with Crippen molar-refractivity contribution in [1.29, 1.82) is 0 Å². The summed E-state index contributed by atoms with van der Waals surface area (Å²) in [5.41, 5.74) is 5.40. The summed E-state index contributed by atoms with van der Waals surface area (Å²) < 4.78 is 4.69. The lowest BCUT2D eigenvalue weighted by molar-refractivity contribution is -0.142. The Bertz CT molecular complexity index is 259. The van der Waals surface area contributed by atoms with Crippen molar-refractivity contribution in [2.24, 2.45) is 5.73 Å². The second-order valence-electron chi connectivity index (χ2n) is 2.75. The molecule has 1 unspecified atom stereocenters. The molecule has 1 amide bonds. The van der Waals surface area contributed by atoms with Crippen LogP contribution < -0.4 is 11.1 Å². The zero-order chi connectivity index (χ0) is 11.7. The van der Waals surface area contributed by atoms with E-state index in [1.807, 2.05) is 0 Å². The summed E-state index contributed by atoms with van der Waals surface area (Å²) in [6.07, 6.45) is 5.15. The molecule has 84 valence electrons. The number of carbonyl (C=O) groups is 2. The van der Waals surface area contributed by atoms with Crippen LogP contribution in [0.15, 0.2) is 0 Å². The number of terminal acetylenes is 1. The van der Waals surface area contributed by atoms with Crippen molar-refractivity contribution in [3.05, 3.63) is 0 Å². The number of carbonyl (C=O) groups excluding carboxylic acids is 1. The fourth-order valence-electron chi connectivity index (χ4n) is 0.757. The zero-order valence-corrected chi connectivity index (χ0v) is 8.23.